The van der Waals surface area contributed by atoms with Crippen molar-refractivity contribution in [2.24, 2.45) is 0 Å². The Kier molecular flexibility index (Phi) is 6.87. The molecule has 1 amide bonds. The van der Waals surface area contributed by atoms with E-state index in [1.54, 1.807) is 17.8 Å². The Morgan fingerprint density at radius 1 is 1.36 bits per heavy atom. The predicted octanol–water partition coefficient (Wildman–Crippen LogP) is 3.91. The summed E-state index contributed by atoms with van der Waals surface area (Å²) in [5.74, 6) is 0.925. The molecule has 1 aliphatic heterocycles. The molecule has 1 N–H and O–H groups in total. The van der Waals surface area contributed by atoms with Gasteiger partial charge in [0.05, 0.1) is 0 Å². The van der Waals surface area contributed by atoms with E-state index in [2.05, 4.69) is 5.32 Å². The van der Waals surface area contributed by atoms with Crippen LogP contribution in [0.3, 0.4) is 0 Å². The molecule has 122 valence electrons. The highest BCUT2D eigenvalue weighted by Gasteiger charge is 2.36. The Hall–Kier alpha value is -0.420. The number of rotatable bonds is 6. The average molecular weight is 362 g/mol. The number of amides is 1. The van der Waals surface area contributed by atoms with Crippen LogP contribution in [-0.4, -0.2) is 37.7 Å². The van der Waals surface area contributed by atoms with E-state index >= 15 is 0 Å². The zero-order valence-corrected chi connectivity index (χ0v) is 15.0. The standard InChI is InChI=1S/C16H21Cl2NO2S/c1-22-9-4-15(20)19-11-16(5-7-21-8-6-16)13-3-2-12(17)10-14(13)18/h2-3,10H,4-9,11H2,1H3,(H,19,20). The van der Waals surface area contributed by atoms with Crippen LogP contribution in [0.1, 0.15) is 24.8 Å². The topological polar surface area (TPSA) is 38.3 Å². The summed E-state index contributed by atoms with van der Waals surface area (Å²) < 4.78 is 5.50. The SMILES string of the molecule is CSCCC(=O)NCC1(c2ccc(Cl)cc2Cl)CCOCC1. The Labute approximate surface area is 146 Å². The molecule has 0 spiro atoms. The maximum atomic E-state index is 11.9. The van der Waals surface area contributed by atoms with E-state index in [1.165, 1.54) is 0 Å². The van der Waals surface area contributed by atoms with Crippen LogP contribution in [0.4, 0.5) is 0 Å². The van der Waals surface area contributed by atoms with Crippen molar-refractivity contribution in [3.63, 3.8) is 0 Å². The molecule has 1 aromatic carbocycles. The van der Waals surface area contributed by atoms with Gasteiger partial charge in [-0.2, -0.15) is 11.8 Å². The van der Waals surface area contributed by atoms with Gasteiger partial charge in [0.15, 0.2) is 0 Å². The molecule has 0 bridgehead atoms. The first-order chi connectivity index (χ1) is 10.6. The van der Waals surface area contributed by atoms with Gasteiger partial charge in [0.25, 0.3) is 0 Å². The van der Waals surface area contributed by atoms with Gasteiger partial charge < -0.3 is 10.1 Å². The van der Waals surface area contributed by atoms with Crippen LogP contribution >= 0.6 is 35.0 Å². The summed E-state index contributed by atoms with van der Waals surface area (Å²) in [5, 5.41) is 4.35. The van der Waals surface area contributed by atoms with E-state index < -0.39 is 0 Å². The molecule has 2 rings (SSSR count). The summed E-state index contributed by atoms with van der Waals surface area (Å²) in [5.41, 5.74) is 0.876. The van der Waals surface area contributed by atoms with Crippen molar-refractivity contribution in [3.05, 3.63) is 33.8 Å². The number of hydrogen-bond donors (Lipinski definition) is 1. The Morgan fingerprint density at radius 2 is 2.09 bits per heavy atom. The molecule has 0 radical (unpaired) electrons. The first kappa shape index (κ1) is 17.9. The number of carbonyl (C=O) groups is 1. The first-order valence-electron chi connectivity index (χ1n) is 7.36. The fourth-order valence-corrected chi connectivity index (χ4v) is 3.77. The lowest BCUT2D eigenvalue weighted by Gasteiger charge is -2.38. The molecule has 0 aromatic heterocycles. The largest absolute Gasteiger partial charge is 0.381 e. The Morgan fingerprint density at radius 3 is 2.73 bits per heavy atom. The van der Waals surface area contributed by atoms with Gasteiger partial charge in [-0.3, -0.25) is 4.79 Å². The third kappa shape index (κ3) is 4.54. The highest BCUT2D eigenvalue weighted by Crippen LogP contribution is 2.39. The van der Waals surface area contributed by atoms with Crippen LogP contribution in [0.15, 0.2) is 18.2 Å². The second kappa shape index (κ2) is 8.44. The molecule has 1 heterocycles. The van der Waals surface area contributed by atoms with Gasteiger partial charge in [-0.05, 0) is 36.8 Å². The van der Waals surface area contributed by atoms with E-state index in [4.69, 9.17) is 27.9 Å². The summed E-state index contributed by atoms with van der Waals surface area (Å²) in [6, 6.07) is 5.60. The second-order valence-corrected chi connectivity index (χ2v) is 7.37. The highest BCUT2D eigenvalue weighted by molar-refractivity contribution is 7.98. The van der Waals surface area contributed by atoms with Crippen LogP contribution in [-0.2, 0) is 14.9 Å². The molecule has 0 saturated carbocycles. The third-order valence-electron chi connectivity index (χ3n) is 4.11. The van der Waals surface area contributed by atoms with Crippen molar-refractivity contribution in [1.82, 2.24) is 5.32 Å². The number of thioether (sulfide) groups is 1. The van der Waals surface area contributed by atoms with Gasteiger partial charge in [0, 0.05) is 47.4 Å². The smallest absolute Gasteiger partial charge is 0.220 e. The van der Waals surface area contributed by atoms with E-state index in [9.17, 15) is 4.79 Å². The fourth-order valence-electron chi connectivity index (χ4n) is 2.77. The van der Waals surface area contributed by atoms with Gasteiger partial charge in [0.1, 0.15) is 0 Å². The van der Waals surface area contributed by atoms with Crippen molar-refractivity contribution < 1.29 is 9.53 Å². The van der Waals surface area contributed by atoms with Crippen molar-refractivity contribution in [2.45, 2.75) is 24.7 Å². The summed E-state index contributed by atoms with van der Waals surface area (Å²) in [7, 11) is 0. The minimum Gasteiger partial charge on any atom is -0.381 e. The molecule has 3 nitrogen and oxygen atoms in total. The van der Waals surface area contributed by atoms with Crippen LogP contribution in [0.2, 0.25) is 10.0 Å². The highest BCUT2D eigenvalue weighted by atomic mass is 35.5. The van der Waals surface area contributed by atoms with E-state index in [0.717, 1.165) is 24.2 Å². The lowest BCUT2D eigenvalue weighted by molar-refractivity contribution is -0.121. The number of ether oxygens (including phenoxy) is 1. The van der Waals surface area contributed by atoms with Crippen molar-refractivity contribution >= 4 is 40.9 Å². The quantitative estimate of drug-likeness (QED) is 0.834. The monoisotopic (exact) mass is 361 g/mol. The van der Waals surface area contributed by atoms with Gasteiger partial charge in [-0.15, -0.1) is 0 Å². The molecule has 1 fully saturated rings. The number of carbonyl (C=O) groups excluding carboxylic acids is 1. The first-order valence-corrected chi connectivity index (χ1v) is 9.51. The molecule has 0 atom stereocenters. The van der Waals surface area contributed by atoms with Crippen LogP contribution in [0.25, 0.3) is 0 Å². The van der Waals surface area contributed by atoms with Gasteiger partial charge >= 0.3 is 0 Å². The summed E-state index contributed by atoms with van der Waals surface area (Å²) in [4.78, 5) is 11.9. The molecule has 1 aliphatic rings. The molecule has 6 heteroatoms. The zero-order valence-electron chi connectivity index (χ0n) is 12.7. The molecule has 1 aromatic rings. The van der Waals surface area contributed by atoms with E-state index in [0.29, 0.717) is 36.2 Å². The Bertz CT molecular complexity index is 519. The molecule has 0 aliphatic carbocycles. The molecular weight excluding hydrogens is 341 g/mol. The second-order valence-electron chi connectivity index (χ2n) is 5.54. The summed E-state index contributed by atoms with van der Waals surface area (Å²) in [6.45, 7) is 1.95. The summed E-state index contributed by atoms with van der Waals surface area (Å²) >= 11 is 14.1. The average Bonchev–Trinajstić information content (AvgIpc) is 2.51. The Balaban J connectivity index is 2.15. The van der Waals surface area contributed by atoms with Gasteiger partial charge in [-0.25, -0.2) is 0 Å². The van der Waals surface area contributed by atoms with Gasteiger partial charge in [0.2, 0.25) is 5.91 Å². The fraction of sp³-hybridized carbons (Fsp3) is 0.562. The number of nitrogens with one attached hydrogen (secondary N) is 1. The van der Waals surface area contributed by atoms with Crippen LogP contribution in [0, 0.1) is 0 Å². The number of halogens is 2. The number of benzene rings is 1. The lowest BCUT2D eigenvalue weighted by Crippen LogP contribution is -2.44. The van der Waals surface area contributed by atoms with E-state index in [-0.39, 0.29) is 11.3 Å². The van der Waals surface area contributed by atoms with Crippen molar-refractivity contribution in [2.75, 3.05) is 31.8 Å². The lowest BCUT2D eigenvalue weighted by atomic mass is 9.74. The minimum absolute atomic E-state index is 0.0882. The van der Waals surface area contributed by atoms with Crippen molar-refractivity contribution in [3.8, 4) is 0 Å². The predicted molar refractivity (Wildman–Crippen MR) is 94.2 cm³/mol. The summed E-state index contributed by atoms with van der Waals surface area (Å²) in [6.07, 6.45) is 4.23. The van der Waals surface area contributed by atoms with Gasteiger partial charge in [-0.1, -0.05) is 29.3 Å². The normalized spacial score (nSPS) is 17.2. The maximum Gasteiger partial charge on any atom is 0.220 e. The van der Waals surface area contributed by atoms with Crippen molar-refractivity contribution in [1.29, 1.82) is 0 Å². The third-order valence-corrected chi connectivity index (χ3v) is 5.27. The molecule has 0 unspecified atom stereocenters. The van der Waals surface area contributed by atoms with E-state index in [1.807, 2.05) is 18.4 Å². The molecule has 1 saturated heterocycles. The van der Waals surface area contributed by atoms with Crippen LogP contribution < -0.4 is 5.32 Å². The zero-order chi connectivity index (χ0) is 16.0. The maximum absolute atomic E-state index is 11.9. The molecular formula is C16H21Cl2NO2S. The molecule has 22 heavy (non-hydrogen) atoms. The van der Waals surface area contributed by atoms with Crippen LogP contribution in [0.5, 0.6) is 0 Å². The minimum atomic E-state index is -0.172. The number of hydrogen-bond acceptors (Lipinski definition) is 3.